The molecule has 4 rings (SSSR count). The van der Waals surface area contributed by atoms with Gasteiger partial charge in [0, 0.05) is 18.7 Å². The highest BCUT2D eigenvalue weighted by Gasteiger charge is 2.10. The summed E-state index contributed by atoms with van der Waals surface area (Å²) in [4.78, 5) is 21.8. The molecule has 0 aliphatic rings. The summed E-state index contributed by atoms with van der Waals surface area (Å²) in [5.41, 5.74) is 2.50. The van der Waals surface area contributed by atoms with E-state index in [-0.39, 0.29) is 5.56 Å². The Bertz CT molecular complexity index is 1080. The van der Waals surface area contributed by atoms with E-state index in [1.807, 2.05) is 55.5 Å². The van der Waals surface area contributed by atoms with Gasteiger partial charge in [-0.25, -0.2) is 9.97 Å². The third-order valence-electron chi connectivity index (χ3n) is 4.25. The number of thioether (sulfide) groups is 1. The van der Waals surface area contributed by atoms with Crippen LogP contribution in [-0.4, -0.2) is 20.3 Å². The van der Waals surface area contributed by atoms with Gasteiger partial charge in [0.15, 0.2) is 16.6 Å². The second kappa shape index (κ2) is 7.33. The van der Waals surface area contributed by atoms with E-state index in [9.17, 15) is 4.79 Å². The topological polar surface area (TPSA) is 60.9 Å². The van der Waals surface area contributed by atoms with Crippen molar-refractivity contribution in [3.8, 4) is 0 Å². The number of hydrogen-bond acceptors (Lipinski definition) is 5. The van der Waals surface area contributed by atoms with Crippen molar-refractivity contribution >= 4 is 33.8 Å². The van der Waals surface area contributed by atoms with Crippen LogP contribution in [0.1, 0.15) is 19.2 Å². The standard InChI is InChI=1S/C20H19N3O2S/c1-2-23-19(24)14-8-3-4-9-15(14)22-20(23)26-13-7-12-18-21-16-10-5-6-11-17(16)25-18/h3-6,8-11H,2,7,12-13H2,1H3. The average molecular weight is 365 g/mol. The first-order valence-corrected chi connectivity index (χ1v) is 9.71. The van der Waals surface area contributed by atoms with Crippen molar-refractivity contribution in [2.45, 2.75) is 31.5 Å². The van der Waals surface area contributed by atoms with Crippen LogP contribution < -0.4 is 5.56 Å². The molecule has 0 spiro atoms. The van der Waals surface area contributed by atoms with E-state index in [0.29, 0.717) is 11.9 Å². The third kappa shape index (κ3) is 3.24. The molecule has 0 amide bonds. The molecule has 0 N–H and O–H groups in total. The SMILES string of the molecule is CCn1c(SCCCc2nc3ccccc3o2)nc2ccccc2c1=O. The van der Waals surface area contributed by atoms with E-state index in [2.05, 4.69) is 9.97 Å². The van der Waals surface area contributed by atoms with Crippen LogP contribution in [0.15, 0.2) is 62.9 Å². The van der Waals surface area contributed by atoms with E-state index in [1.54, 1.807) is 16.3 Å². The molecule has 5 nitrogen and oxygen atoms in total. The van der Waals surface area contributed by atoms with Crippen LogP contribution in [0, 0.1) is 0 Å². The minimum atomic E-state index is 0.0274. The quantitative estimate of drug-likeness (QED) is 0.290. The van der Waals surface area contributed by atoms with Gasteiger partial charge in [-0.1, -0.05) is 36.0 Å². The molecule has 2 heterocycles. The number of fused-ring (bicyclic) bond motifs is 2. The summed E-state index contributed by atoms with van der Waals surface area (Å²) in [6, 6.07) is 15.3. The van der Waals surface area contributed by atoms with Gasteiger partial charge in [0.05, 0.1) is 10.9 Å². The molecule has 0 unspecified atom stereocenters. The molecule has 132 valence electrons. The van der Waals surface area contributed by atoms with Crippen LogP contribution in [0.4, 0.5) is 0 Å². The van der Waals surface area contributed by atoms with Crippen molar-refractivity contribution in [1.29, 1.82) is 0 Å². The van der Waals surface area contributed by atoms with Gasteiger partial charge in [0.25, 0.3) is 5.56 Å². The van der Waals surface area contributed by atoms with Gasteiger partial charge < -0.3 is 4.42 Å². The Morgan fingerprint density at radius 1 is 1.04 bits per heavy atom. The largest absolute Gasteiger partial charge is 0.441 e. The van der Waals surface area contributed by atoms with Crippen molar-refractivity contribution in [3.05, 3.63) is 64.8 Å². The summed E-state index contributed by atoms with van der Waals surface area (Å²) >= 11 is 1.61. The molecular formula is C20H19N3O2S. The Balaban J connectivity index is 1.46. The minimum absolute atomic E-state index is 0.0274. The first kappa shape index (κ1) is 16.8. The molecule has 0 saturated carbocycles. The number of benzene rings is 2. The Kier molecular flexibility index (Phi) is 4.75. The van der Waals surface area contributed by atoms with E-state index in [1.165, 1.54) is 0 Å². The maximum absolute atomic E-state index is 12.6. The summed E-state index contributed by atoms with van der Waals surface area (Å²) in [7, 11) is 0. The predicted molar refractivity (Wildman–Crippen MR) is 105 cm³/mol. The number of aryl methyl sites for hydroxylation is 1. The molecule has 6 heteroatoms. The number of nitrogens with zero attached hydrogens (tertiary/aromatic N) is 3. The monoisotopic (exact) mass is 365 g/mol. The second-order valence-corrected chi connectivity index (χ2v) is 7.05. The number of rotatable bonds is 6. The van der Waals surface area contributed by atoms with Gasteiger partial charge in [-0.15, -0.1) is 0 Å². The number of para-hydroxylation sites is 3. The van der Waals surface area contributed by atoms with Crippen LogP contribution in [0.5, 0.6) is 0 Å². The van der Waals surface area contributed by atoms with Crippen LogP contribution in [0.3, 0.4) is 0 Å². The zero-order valence-corrected chi connectivity index (χ0v) is 15.3. The lowest BCUT2D eigenvalue weighted by Crippen LogP contribution is -2.22. The summed E-state index contributed by atoms with van der Waals surface area (Å²) in [5, 5.41) is 1.44. The first-order chi connectivity index (χ1) is 12.8. The first-order valence-electron chi connectivity index (χ1n) is 8.73. The van der Waals surface area contributed by atoms with Gasteiger partial charge in [-0.3, -0.25) is 9.36 Å². The fourth-order valence-electron chi connectivity index (χ4n) is 2.95. The fraction of sp³-hybridized carbons (Fsp3) is 0.250. The number of aromatic nitrogens is 3. The van der Waals surface area contributed by atoms with E-state index >= 15 is 0 Å². The lowest BCUT2D eigenvalue weighted by Gasteiger charge is -2.10. The lowest BCUT2D eigenvalue weighted by atomic mass is 10.2. The molecule has 0 radical (unpaired) electrons. The smallest absolute Gasteiger partial charge is 0.262 e. The predicted octanol–water partition coefficient (Wildman–Crippen LogP) is 4.28. The zero-order valence-electron chi connectivity index (χ0n) is 14.5. The van der Waals surface area contributed by atoms with E-state index in [4.69, 9.17) is 4.42 Å². The van der Waals surface area contributed by atoms with Gasteiger partial charge in [0.1, 0.15) is 5.52 Å². The third-order valence-corrected chi connectivity index (χ3v) is 5.31. The Morgan fingerprint density at radius 3 is 2.62 bits per heavy atom. The molecule has 26 heavy (non-hydrogen) atoms. The highest BCUT2D eigenvalue weighted by Crippen LogP contribution is 2.20. The normalized spacial score (nSPS) is 11.4. The van der Waals surface area contributed by atoms with Crippen molar-refractivity contribution in [3.63, 3.8) is 0 Å². The summed E-state index contributed by atoms with van der Waals surface area (Å²) in [6.07, 6.45) is 1.68. The number of hydrogen-bond donors (Lipinski definition) is 0. The molecule has 0 aliphatic heterocycles. The van der Waals surface area contributed by atoms with Crippen LogP contribution in [0.25, 0.3) is 22.0 Å². The molecule has 2 aromatic carbocycles. The van der Waals surface area contributed by atoms with Gasteiger partial charge >= 0.3 is 0 Å². The second-order valence-electron chi connectivity index (χ2n) is 5.99. The van der Waals surface area contributed by atoms with Gasteiger partial charge in [-0.2, -0.15) is 0 Å². The van der Waals surface area contributed by atoms with Crippen molar-refractivity contribution in [2.75, 3.05) is 5.75 Å². The van der Waals surface area contributed by atoms with Crippen molar-refractivity contribution < 1.29 is 4.42 Å². The zero-order chi connectivity index (χ0) is 17.9. The van der Waals surface area contributed by atoms with Crippen molar-refractivity contribution in [1.82, 2.24) is 14.5 Å². The van der Waals surface area contributed by atoms with Crippen LogP contribution in [-0.2, 0) is 13.0 Å². The van der Waals surface area contributed by atoms with Gasteiger partial charge in [-0.05, 0) is 37.6 Å². The lowest BCUT2D eigenvalue weighted by molar-refractivity contribution is 0.526. The molecule has 0 aliphatic carbocycles. The highest BCUT2D eigenvalue weighted by molar-refractivity contribution is 7.99. The number of oxazole rings is 1. The summed E-state index contributed by atoms with van der Waals surface area (Å²) < 4.78 is 7.49. The molecular weight excluding hydrogens is 346 g/mol. The van der Waals surface area contributed by atoms with E-state index < -0.39 is 0 Å². The maximum atomic E-state index is 12.6. The van der Waals surface area contributed by atoms with Crippen LogP contribution >= 0.6 is 11.8 Å². The molecule has 4 aromatic rings. The van der Waals surface area contributed by atoms with Gasteiger partial charge in [0.2, 0.25) is 0 Å². The summed E-state index contributed by atoms with van der Waals surface area (Å²) in [5.74, 6) is 1.61. The Hall–Kier alpha value is -2.60. The highest BCUT2D eigenvalue weighted by atomic mass is 32.2. The molecule has 0 atom stereocenters. The molecule has 0 saturated heterocycles. The Morgan fingerprint density at radius 2 is 1.81 bits per heavy atom. The average Bonchev–Trinajstić information content (AvgIpc) is 3.08. The molecule has 2 aromatic heterocycles. The molecule has 0 bridgehead atoms. The van der Waals surface area contributed by atoms with Crippen LogP contribution in [0.2, 0.25) is 0 Å². The Labute approximate surface area is 155 Å². The van der Waals surface area contributed by atoms with E-state index in [0.717, 1.165) is 46.3 Å². The van der Waals surface area contributed by atoms with Crippen molar-refractivity contribution in [2.24, 2.45) is 0 Å². The molecule has 0 fully saturated rings. The summed E-state index contributed by atoms with van der Waals surface area (Å²) in [6.45, 7) is 2.59. The minimum Gasteiger partial charge on any atom is -0.441 e. The fourth-order valence-corrected chi connectivity index (χ4v) is 3.95. The maximum Gasteiger partial charge on any atom is 0.262 e.